The quantitative estimate of drug-likeness (QED) is 0.121. The van der Waals surface area contributed by atoms with E-state index in [1.54, 1.807) is 91.0 Å². The predicted octanol–water partition coefficient (Wildman–Crippen LogP) is 6.51. The summed E-state index contributed by atoms with van der Waals surface area (Å²) in [6.45, 7) is 0. The fraction of sp³-hybridized carbons (Fsp3) is 0.121. The van der Waals surface area contributed by atoms with Crippen LogP contribution in [0.25, 0.3) is 6.08 Å². The molecule has 0 aliphatic rings. The van der Waals surface area contributed by atoms with Crippen molar-refractivity contribution < 1.29 is 28.6 Å². The van der Waals surface area contributed by atoms with E-state index in [4.69, 9.17) is 25.8 Å². The van der Waals surface area contributed by atoms with Crippen molar-refractivity contribution in [2.24, 2.45) is 0 Å². The zero-order valence-corrected chi connectivity index (χ0v) is 25.8. The molecule has 0 atom stereocenters. The highest BCUT2D eigenvalue weighted by molar-refractivity contribution is 8.00. The molecule has 44 heavy (non-hydrogen) atoms. The van der Waals surface area contributed by atoms with Gasteiger partial charge in [0.05, 0.1) is 27.1 Å². The summed E-state index contributed by atoms with van der Waals surface area (Å²) in [7, 11) is 4.47. The summed E-state index contributed by atoms with van der Waals surface area (Å²) in [6, 6.07) is 25.8. The SMILES string of the molecule is COc1cc(/C=C(\NC(=O)c2ccccc2)C(=O)Nc2ccc(SCC(=O)Nc3cccc(Cl)c3)cc2)cc(OC)c1OC. The largest absolute Gasteiger partial charge is 0.493 e. The Morgan fingerprint density at radius 3 is 2.07 bits per heavy atom. The Kier molecular flexibility index (Phi) is 11.3. The standard InChI is InChI=1S/C33H30ClN3O6S/c1-41-28-17-21(18-29(42-2)31(28)43-3)16-27(37-32(39)22-8-5-4-6-9-22)33(40)36-24-12-14-26(15-13-24)44-20-30(38)35-25-11-7-10-23(34)19-25/h4-19H,20H2,1-3H3,(H,35,38)(H,36,40)(H,37,39)/b27-16-. The molecule has 0 saturated carbocycles. The molecule has 3 amide bonds. The van der Waals surface area contributed by atoms with Gasteiger partial charge in [0.25, 0.3) is 11.8 Å². The van der Waals surface area contributed by atoms with Crippen LogP contribution < -0.4 is 30.2 Å². The zero-order chi connectivity index (χ0) is 31.5. The van der Waals surface area contributed by atoms with Gasteiger partial charge in [0.2, 0.25) is 11.7 Å². The second-order valence-electron chi connectivity index (χ2n) is 9.16. The summed E-state index contributed by atoms with van der Waals surface area (Å²) in [5.74, 6) is 0.178. The lowest BCUT2D eigenvalue weighted by Crippen LogP contribution is -2.30. The topological polar surface area (TPSA) is 115 Å². The molecule has 0 spiro atoms. The van der Waals surface area contributed by atoms with Crippen molar-refractivity contribution in [2.45, 2.75) is 4.90 Å². The Morgan fingerprint density at radius 2 is 1.45 bits per heavy atom. The fourth-order valence-electron chi connectivity index (χ4n) is 4.04. The maximum Gasteiger partial charge on any atom is 0.272 e. The molecule has 4 rings (SSSR count). The number of carbonyl (C=O) groups excluding carboxylic acids is 3. The second kappa shape index (κ2) is 15.5. The highest BCUT2D eigenvalue weighted by Crippen LogP contribution is 2.38. The predicted molar refractivity (Wildman–Crippen MR) is 174 cm³/mol. The highest BCUT2D eigenvalue weighted by atomic mass is 35.5. The van der Waals surface area contributed by atoms with E-state index < -0.39 is 11.8 Å². The molecule has 0 fully saturated rings. The maximum absolute atomic E-state index is 13.5. The number of halogens is 1. The number of hydrogen-bond acceptors (Lipinski definition) is 7. The van der Waals surface area contributed by atoms with Crippen LogP contribution in [0, 0.1) is 0 Å². The van der Waals surface area contributed by atoms with Crippen molar-refractivity contribution >= 4 is 58.5 Å². The molecular weight excluding hydrogens is 602 g/mol. The third-order valence-electron chi connectivity index (χ3n) is 6.12. The number of carbonyl (C=O) groups is 3. The van der Waals surface area contributed by atoms with Crippen molar-refractivity contribution in [2.75, 3.05) is 37.7 Å². The molecule has 226 valence electrons. The average Bonchev–Trinajstić information content (AvgIpc) is 3.04. The molecule has 0 aliphatic carbocycles. The van der Waals surface area contributed by atoms with Crippen LogP contribution in [-0.4, -0.2) is 44.8 Å². The van der Waals surface area contributed by atoms with Gasteiger partial charge in [-0.2, -0.15) is 0 Å². The smallest absolute Gasteiger partial charge is 0.272 e. The number of anilines is 2. The minimum atomic E-state index is -0.552. The molecular formula is C33H30ClN3O6S. The van der Waals surface area contributed by atoms with E-state index in [9.17, 15) is 14.4 Å². The van der Waals surface area contributed by atoms with Crippen molar-refractivity contribution in [3.8, 4) is 17.2 Å². The first-order chi connectivity index (χ1) is 21.3. The first kappa shape index (κ1) is 32.0. The van der Waals surface area contributed by atoms with Gasteiger partial charge >= 0.3 is 0 Å². The van der Waals surface area contributed by atoms with E-state index in [1.807, 2.05) is 0 Å². The minimum Gasteiger partial charge on any atom is -0.493 e. The molecule has 4 aromatic rings. The number of benzene rings is 4. The molecule has 0 saturated heterocycles. The lowest BCUT2D eigenvalue weighted by molar-refractivity contribution is -0.114. The van der Waals surface area contributed by atoms with Crippen LogP contribution in [0.1, 0.15) is 15.9 Å². The number of ether oxygens (including phenoxy) is 3. The van der Waals surface area contributed by atoms with E-state index in [2.05, 4.69) is 16.0 Å². The molecule has 0 bridgehead atoms. The van der Waals surface area contributed by atoms with Gasteiger partial charge < -0.3 is 30.2 Å². The van der Waals surface area contributed by atoms with E-state index in [0.717, 1.165) is 4.90 Å². The molecule has 0 aromatic heterocycles. The highest BCUT2D eigenvalue weighted by Gasteiger charge is 2.18. The monoisotopic (exact) mass is 631 g/mol. The van der Waals surface area contributed by atoms with Gasteiger partial charge in [-0.1, -0.05) is 35.9 Å². The van der Waals surface area contributed by atoms with Gasteiger partial charge in [0.15, 0.2) is 11.5 Å². The van der Waals surface area contributed by atoms with Crippen LogP contribution in [0.3, 0.4) is 0 Å². The Morgan fingerprint density at radius 1 is 0.773 bits per heavy atom. The first-order valence-corrected chi connectivity index (χ1v) is 14.6. The van der Waals surface area contributed by atoms with Gasteiger partial charge in [-0.3, -0.25) is 14.4 Å². The van der Waals surface area contributed by atoms with Crippen LogP contribution >= 0.6 is 23.4 Å². The molecule has 0 unspecified atom stereocenters. The third kappa shape index (κ3) is 8.79. The Bertz CT molecular complexity index is 1640. The zero-order valence-electron chi connectivity index (χ0n) is 24.2. The van der Waals surface area contributed by atoms with Gasteiger partial charge in [-0.05, 0) is 78.4 Å². The fourth-order valence-corrected chi connectivity index (χ4v) is 4.93. The summed E-state index contributed by atoms with van der Waals surface area (Å²) >= 11 is 7.32. The second-order valence-corrected chi connectivity index (χ2v) is 10.6. The summed E-state index contributed by atoms with van der Waals surface area (Å²) < 4.78 is 16.3. The van der Waals surface area contributed by atoms with Crippen molar-refractivity contribution in [3.05, 3.63) is 113 Å². The molecule has 4 aromatic carbocycles. The number of nitrogens with one attached hydrogen (secondary N) is 3. The number of thioether (sulfide) groups is 1. The molecule has 3 N–H and O–H groups in total. The molecule has 11 heteroatoms. The minimum absolute atomic E-state index is 0.00994. The van der Waals surface area contributed by atoms with Gasteiger partial charge in [0, 0.05) is 26.9 Å². The summed E-state index contributed by atoms with van der Waals surface area (Å²) in [5, 5.41) is 8.87. The Balaban J connectivity index is 1.50. The normalized spacial score (nSPS) is 10.9. The summed E-state index contributed by atoms with van der Waals surface area (Å²) in [4.78, 5) is 39.6. The number of rotatable bonds is 12. The number of methoxy groups -OCH3 is 3. The van der Waals surface area contributed by atoms with E-state index in [-0.39, 0.29) is 17.4 Å². The number of hydrogen-bond donors (Lipinski definition) is 3. The molecule has 0 radical (unpaired) electrons. The lowest BCUT2D eigenvalue weighted by Gasteiger charge is -2.15. The summed E-state index contributed by atoms with van der Waals surface area (Å²) in [6.07, 6.45) is 1.52. The van der Waals surface area contributed by atoms with Crippen LogP contribution in [0.4, 0.5) is 11.4 Å². The van der Waals surface area contributed by atoms with E-state index in [0.29, 0.717) is 44.8 Å². The van der Waals surface area contributed by atoms with Crippen LogP contribution in [-0.2, 0) is 9.59 Å². The third-order valence-corrected chi connectivity index (χ3v) is 7.36. The van der Waals surface area contributed by atoms with Crippen LogP contribution in [0.2, 0.25) is 5.02 Å². The number of amides is 3. The van der Waals surface area contributed by atoms with Gasteiger partial charge in [0.1, 0.15) is 5.70 Å². The first-order valence-electron chi connectivity index (χ1n) is 13.3. The van der Waals surface area contributed by atoms with Crippen molar-refractivity contribution in [3.63, 3.8) is 0 Å². The lowest BCUT2D eigenvalue weighted by atomic mass is 10.1. The van der Waals surface area contributed by atoms with Crippen LogP contribution in [0.5, 0.6) is 17.2 Å². The molecule has 0 heterocycles. The Labute approximate surface area is 264 Å². The van der Waals surface area contributed by atoms with E-state index >= 15 is 0 Å². The van der Waals surface area contributed by atoms with Crippen molar-refractivity contribution in [1.29, 1.82) is 0 Å². The molecule has 0 aliphatic heterocycles. The van der Waals surface area contributed by atoms with Crippen molar-refractivity contribution in [1.82, 2.24) is 5.32 Å². The molecule has 9 nitrogen and oxygen atoms in total. The summed E-state index contributed by atoms with van der Waals surface area (Å²) in [5.41, 5.74) is 2.02. The van der Waals surface area contributed by atoms with Crippen LogP contribution in [0.15, 0.2) is 102 Å². The van der Waals surface area contributed by atoms with E-state index in [1.165, 1.54) is 39.2 Å². The maximum atomic E-state index is 13.5. The Hall–Kier alpha value is -4.93. The van der Waals surface area contributed by atoms with Gasteiger partial charge in [-0.25, -0.2) is 0 Å². The average molecular weight is 632 g/mol. The van der Waals surface area contributed by atoms with Gasteiger partial charge in [-0.15, -0.1) is 11.8 Å².